The Bertz CT molecular complexity index is 1210. The summed E-state index contributed by atoms with van der Waals surface area (Å²) in [6, 6.07) is 6.58. The minimum atomic E-state index is -4.59. The molecule has 2 N–H and O–H groups in total. The number of carbonyl (C=O) groups is 1. The lowest BCUT2D eigenvalue weighted by atomic mass is 9.96. The van der Waals surface area contributed by atoms with Gasteiger partial charge < -0.3 is 20.1 Å². The van der Waals surface area contributed by atoms with Gasteiger partial charge in [0.25, 0.3) is 5.91 Å². The molecule has 3 aromatic rings. The Labute approximate surface area is 202 Å². The molecule has 1 aliphatic rings. The second kappa shape index (κ2) is 9.27. The first kappa shape index (κ1) is 24.0. The number of fused-ring (bicyclic) bond motifs is 1. The summed E-state index contributed by atoms with van der Waals surface area (Å²) in [5.41, 5.74) is 0.768. The van der Waals surface area contributed by atoms with E-state index in [2.05, 4.69) is 15.7 Å². The fraction of sp³-hybridized carbons (Fsp3) is 0.273. The fourth-order valence-electron chi connectivity index (χ4n) is 3.84. The van der Waals surface area contributed by atoms with Crippen LogP contribution in [-0.4, -0.2) is 36.1 Å². The van der Waals surface area contributed by atoms with Crippen molar-refractivity contribution in [2.75, 3.05) is 24.9 Å². The third-order valence-corrected chi connectivity index (χ3v) is 5.85. The molecule has 2 aromatic carbocycles. The van der Waals surface area contributed by atoms with Gasteiger partial charge in [-0.15, -0.1) is 0 Å². The maximum absolute atomic E-state index is 14.0. The van der Waals surface area contributed by atoms with Crippen LogP contribution >= 0.6 is 23.2 Å². The lowest BCUT2D eigenvalue weighted by Gasteiger charge is -2.34. The van der Waals surface area contributed by atoms with E-state index in [-0.39, 0.29) is 17.8 Å². The van der Waals surface area contributed by atoms with Crippen LogP contribution < -0.4 is 20.1 Å². The molecule has 2 atom stereocenters. The molecule has 7 nitrogen and oxygen atoms in total. The van der Waals surface area contributed by atoms with Crippen LogP contribution in [0, 0.1) is 0 Å². The van der Waals surface area contributed by atoms with Gasteiger partial charge in [0, 0.05) is 22.2 Å². The van der Waals surface area contributed by atoms with Gasteiger partial charge in [-0.2, -0.15) is 18.3 Å². The molecule has 0 radical (unpaired) electrons. The highest BCUT2D eigenvalue weighted by molar-refractivity contribution is 6.35. The predicted molar refractivity (Wildman–Crippen MR) is 122 cm³/mol. The Morgan fingerprint density at radius 1 is 1.12 bits per heavy atom. The molecule has 34 heavy (non-hydrogen) atoms. The molecule has 2 unspecified atom stereocenters. The molecule has 0 saturated heterocycles. The van der Waals surface area contributed by atoms with Gasteiger partial charge in [-0.1, -0.05) is 29.3 Å². The van der Waals surface area contributed by atoms with Crippen molar-refractivity contribution in [3.05, 3.63) is 63.8 Å². The summed E-state index contributed by atoms with van der Waals surface area (Å²) in [6.45, 7) is 0. The maximum atomic E-state index is 14.0. The molecule has 0 spiro atoms. The molecule has 0 fully saturated rings. The van der Waals surface area contributed by atoms with E-state index >= 15 is 0 Å². The van der Waals surface area contributed by atoms with Crippen LogP contribution in [0.4, 0.5) is 24.7 Å². The Hall–Kier alpha value is -3.11. The van der Waals surface area contributed by atoms with E-state index in [1.807, 2.05) is 0 Å². The van der Waals surface area contributed by atoms with Gasteiger partial charge in [0.1, 0.15) is 11.4 Å². The van der Waals surface area contributed by atoms with Gasteiger partial charge in [-0.25, -0.2) is 4.68 Å². The van der Waals surface area contributed by atoms with Crippen molar-refractivity contribution in [3.63, 3.8) is 0 Å². The number of benzene rings is 2. The number of halogens is 5. The molecule has 0 bridgehead atoms. The van der Waals surface area contributed by atoms with Gasteiger partial charge in [-0.05, 0) is 35.9 Å². The van der Waals surface area contributed by atoms with Crippen molar-refractivity contribution >= 4 is 40.6 Å². The Morgan fingerprint density at radius 3 is 2.41 bits per heavy atom. The van der Waals surface area contributed by atoms with Gasteiger partial charge in [0.15, 0.2) is 17.5 Å². The number of amides is 1. The highest BCUT2D eigenvalue weighted by atomic mass is 35.5. The van der Waals surface area contributed by atoms with E-state index in [1.165, 1.54) is 32.4 Å². The summed E-state index contributed by atoms with van der Waals surface area (Å²) in [5.74, 6) is 0.0971. The lowest BCUT2D eigenvalue weighted by Crippen LogP contribution is -2.36. The van der Waals surface area contributed by atoms with E-state index < -0.39 is 24.2 Å². The standard InChI is InChI=1S/C22H19Cl2F3N4O3/c1-33-17-4-3-11(5-18(17)34-2)16-9-19(22(25,26)27)31-20(30-16)15(10-28-31)21(32)29-14-7-12(23)6-13(24)8-14/h3-8,10,16,19,30H,9H2,1-2H3,(H,29,32). The molecule has 12 heteroatoms. The van der Waals surface area contributed by atoms with E-state index in [0.717, 1.165) is 10.9 Å². The zero-order chi connectivity index (χ0) is 24.6. The van der Waals surface area contributed by atoms with E-state index in [1.54, 1.807) is 18.2 Å². The maximum Gasteiger partial charge on any atom is 0.410 e. The number of nitrogens with one attached hydrogen (secondary N) is 2. The Morgan fingerprint density at radius 2 is 1.79 bits per heavy atom. The molecule has 180 valence electrons. The number of hydrogen-bond acceptors (Lipinski definition) is 5. The molecule has 4 rings (SSSR count). The van der Waals surface area contributed by atoms with Crippen LogP contribution in [0.3, 0.4) is 0 Å². The monoisotopic (exact) mass is 514 g/mol. The number of alkyl halides is 3. The Balaban J connectivity index is 1.70. The fourth-order valence-corrected chi connectivity index (χ4v) is 4.37. The van der Waals surface area contributed by atoms with Crippen molar-refractivity contribution in [3.8, 4) is 11.5 Å². The topological polar surface area (TPSA) is 77.4 Å². The molecule has 1 amide bonds. The first-order chi connectivity index (χ1) is 16.1. The van der Waals surface area contributed by atoms with Gasteiger partial charge in [-0.3, -0.25) is 4.79 Å². The third-order valence-electron chi connectivity index (χ3n) is 5.41. The molecule has 1 aliphatic heterocycles. The van der Waals surface area contributed by atoms with E-state index in [9.17, 15) is 18.0 Å². The van der Waals surface area contributed by atoms with Crippen molar-refractivity contribution in [2.24, 2.45) is 0 Å². The highest BCUT2D eigenvalue weighted by Crippen LogP contribution is 2.45. The molecular formula is C22H19Cl2F3N4O3. The van der Waals surface area contributed by atoms with E-state index in [4.69, 9.17) is 32.7 Å². The summed E-state index contributed by atoms with van der Waals surface area (Å²) < 4.78 is 53.2. The number of ether oxygens (including phenoxy) is 2. The predicted octanol–water partition coefficient (Wildman–Crippen LogP) is 6.12. The first-order valence-corrected chi connectivity index (χ1v) is 10.8. The third kappa shape index (κ3) is 4.74. The SMILES string of the molecule is COc1ccc(C2CC(C(F)(F)F)n3ncc(C(=O)Nc4cc(Cl)cc(Cl)c4)c3N2)cc1OC. The van der Waals surface area contributed by atoms with Gasteiger partial charge in [0.2, 0.25) is 0 Å². The number of nitrogens with zero attached hydrogens (tertiary/aromatic N) is 2. The molecular weight excluding hydrogens is 496 g/mol. The summed E-state index contributed by atoms with van der Waals surface area (Å²) >= 11 is 11.9. The van der Waals surface area contributed by atoms with Crippen LogP contribution in [0.1, 0.15) is 34.4 Å². The summed E-state index contributed by atoms with van der Waals surface area (Å²) in [7, 11) is 2.90. The number of hydrogen-bond donors (Lipinski definition) is 2. The van der Waals surface area contributed by atoms with Crippen LogP contribution in [0.2, 0.25) is 10.0 Å². The van der Waals surface area contributed by atoms with E-state index in [0.29, 0.717) is 32.8 Å². The minimum absolute atomic E-state index is 0.0565. The van der Waals surface area contributed by atoms with Gasteiger partial charge in [0.05, 0.1) is 26.5 Å². The quantitative estimate of drug-likeness (QED) is 0.428. The van der Waals surface area contributed by atoms with Crippen molar-refractivity contribution in [2.45, 2.75) is 24.7 Å². The number of rotatable bonds is 5. The smallest absolute Gasteiger partial charge is 0.410 e. The zero-order valence-electron chi connectivity index (χ0n) is 17.9. The normalized spacial score (nSPS) is 17.5. The second-order valence-electron chi connectivity index (χ2n) is 7.57. The first-order valence-electron chi connectivity index (χ1n) is 10.0. The summed E-state index contributed by atoms with van der Waals surface area (Å²) in [5, 5.41) is 10.1. The van der Waals surface area contributed by atoms with Crippen molar-refractivity contribution in [1.29, 1.82) is 0 Å². The Kier molecular flexibility index (Phi) is 6.55. The number of aromatic nitrogens is 2. The van der Waals surface area contributed by atoms with Crippen LogP contribution in [0.15, 0.2) is 42.6 Å². The number of anilines is 2. The molecule has 1 aromatic heterocycles. The highest BCUT2D eigenvalue weighted by Gasteiger charge is 2.47. The molecule has 2 heterocycles. The average Bonchev–Trinajstić information content (AvgIpc) is 3.20. The average molecular weight is 515 g/mol. The molecule has 0 aliphatic carbocycles. The van der Waals surface area contributed by atoms with Crippen LogP contribution in [0.25, 0.3) is 0 Å². The van der Waals surface area contributed by atoms with Crippen molar-refractivity contribution in [1.82, 2.24) is 9.78 Å². The van der Waals surface area contributed by atoms with Gasteiger partial charge >= 0.3 is 6.18 Å². The largest absolute Gasteiger partial charge is 0.493 e. The van der Waals surface area contributed by atoms with Crippen molar-refractivity contribution < 1.29 is 27.4 Å². The zero-order valence-corrected chi connectivity index (χ0v) is 19.4. The summed E-state index contributed by atoms with van der Waals surface area (Å²) in [6.07, 6.45) is -3.83. The summed E-state index contributed by atoms with van der Waals surface area (Å²) in [4.78, 5) is 12.9. The van der Waals surface area contributed by atoms with Crippen LogP contribution in [-0.2, 0) is 0 Å². The lowest BCUT2D eigenvalue weighted by molar-refractivity contribution is -0.173. The molecule has 0 saturated carbocycles. The second-order valence-corrected chi connectivity index (χ2v) is 8.44. The van der Waals surface area contributed by atoms with Crippen LogP contribution in [0.5, 0.6) is 11.5 Å². The number of methoxy groups -OCH3 is 2. The minimum Gasteiger partial charge on any atom is -0.493 e. The number of carbonyl (C=O) groups excluding carboxylic acids is 1.